The van der Waals surface area contributed by atoms with Crippen LogP contribution in [0.3, 0.4) is 0 Å². The van der Waals surface area contributed by atoms with Gasteiger partial charge in [-0.2, -0.15) is 0 Å². The summed E-state index contributed by atoms with van der Waals surface area (Å²) >= 11 is 0. The molecule has 0 aliphatic carbocycles. The third kappa shape index (κ3) is 1.81. The van der Waals surface area contributed by atoms with E-state index in [1.165, 1.54) is 19.2 Å². The van der Waals surface area contributed by atoms with Crippen LogP contribution in [0.4, 0.5) is 5.69 Å². The molecule has 0 spiro atoms. The SMILES string of the molecule is COc1c(C(N)N)cccc1[N+](=O)[O-]. The minimum Gasteiger partial charge on any atom is -0.490 e. The highest BCUT2D eigenvalue weighted by atomic mass is 16.6. The van der Waals surface area contributed by atoms with Gasteiger partial charge in [-0.1, -0.05) is 12.1 Å². The van der Waals surface area contributed by atoms with Gasteiger partial charge in [0.25, 0.3) is 0 Å². The zero-order valence-corrected chi connectivity index (χ0v) is 7.64. The van der Waals surface area contributed by atoms with Crippen LogP contribution in [0.25, 0.3) is 0 Å². The fraction of sp³-hybridized carbons (Fsp3) is 0.250. The fourth-order valence-electron chi connectivity index (χ4n) is 1.17. The second-order valence-corrected chi connectivity index (χ2v) is 2.68. The van der Waals surface area contributed by atoms with Crippen LogP contribution in [0, 0.1) is 10.1 Å². The smallest absolute Gasteiger partial charge is 0.311 e. The normalized spacial score (nSPS) is 10.3. The van der Waals surface area contributed by atoms with Crippen LogP contribution in [0.1, 0.15) is 11.7 Å². The molecular formula is C8H11N3O3. The Morgan fingerprint density at radius 2 is 2.14 bits per heavy atom. The lowest BCUT2D eigenvalue weighted by Gasteiger charge is -2.10. The van der Waals surface area contributed by atoms with Crippen LogP contribution in [0.2, 0.25) is 0 Å². The van der Waals surface area contributed by atoms with Crippen molar-refractivity contribution in [3.05, 3.63) is 33.9 Å². The average Bonchev–Trinajstić information content (AvgIpc) is 2.16. The van der Waals surface area contributed by atoms with Crippen molar-refractivity contribution in [3.63, 3.8) is 0 Å². The van der Waals surface area contributed by atoms with E-state index in [1.807, 2.05) is 0 Å². The van der Waals surface area contributed by atoms with Gasteiger partial charge in [-0.3, -0.25) is 10.1 Å². The van der Waals surface area contributed by atoms with E-state index in [9.17, 15) is 10.1 Å². The van der Waals surface area contributed by atoms with Crippen molar-refractivity contribution in [1.29, 1.82) is 0 Å². The van der Waals surface area contributed by atoms with E-state index >= 15 is 0 Å². The number of nitro benzene ring substituents is 1. The number of rotatable bonds is 3. The number of methoxy groups -OCH3 is 1. The summed E-state index contributed by atoms with van der Waals surface area (Å²) in [6, 6.07) is 4.45. The minimum atomic E-state index is -0.787. The summed E-state index contributed by atoms with van der Waals surface area (Å²) in [6.07, 6.45) is -0.787. The Bertz CT molecular complexity index is 352. The quantitative estimate of drug-likeness (QED) is 0.417. The topological polar surface area (TPSA) is 104 Å². The van der Waals surface area contributed by atoms with Gasteiger partial charge in [-0.15, -0.1) is 0 Å². The highest BCUT2D eigenvalue weighted by Gasteiger charge is 2.19. The third-order valence-corrected chi connectivity index (χ3v) is 1.78. The van der Waals surface area contributed by atoms with Crippen molar-refractivity contribution in [2.45, 2.75) is 6.17 Å². The summed E-state index contributed by atoms with van der Waals surface area (Å²) in [5.41, 5.74) is 11.2. The highest BCUT2D eigenvalue weighted by molar-refractivity contribution is 5.52. The van der Waals surface area contributed by atoms with Gasteiger partial charge < -0.3 is 16.2 Å². The largest absolute Gasteiger partial charge is 0.490 e. The zero-order chi connectivity index (χ0) is 10.7. The number of hydrogen-bond acceptors (Lipinski definition) is 5. The lowest BCUT2D eigenvalue weighted by atomic mass is 10.1. The lowest BCUT2D eigenvalue weighted by Crippen LogP contribution is -2.21. The van der Waals surface area contributed by atoms with Gasteiger partial charge >= 0.3 is 5.69 Å². The predicted octanol–water partition coefficient (Wildman–Crippen LogP) is 0.519. The van der Waals surface area contributed by atoms with E-state index in [1.54, 1.807) is 6.07 Å². The standard InChI is InChI=1S/C8H11N3O3/c1-14-7-5(8(9)10)3-2-4-6(7)11(12)13/h2-4,8H,9-10H2,1H3. The zero-order valence-electron chi connectivity index (χ0n) is 7.64. The first-order valence-electron chi connectivity index (χ1n) is 3.90. The Morgan fingerprint density at radius 3 is 2.57 bits per heavy atom. The van der Waals surface area contributed by atoms with Crippen LogP contribution in [-0.2, 0) is 0 Å². The number of para-hydroxylation sites is 1. The average molecular weight is 197 g/mol. The van der Waals surface area contributed by atoms with Gasteiger partial charge in [0.15, 0.2) is 0 Å². The minimum absolute atomic E-state index is 0.118. The van der Waals surface area contributed by atoms with Crippen LogP contribution in [0.5, 0.6) is 5.75 Å². The summed E-state index contributed by atoms with van der Waals surface area (Å²) < 4.78 is 4.90. The molecule has 0 fully saturated rings. The summed E-state index contributed by atoms with van der Waals surface area (Å²) in [7, 11) is 1.34. The maximum absolute atomic E-state index is 10.6. The van der Waals surface area contributed by atoms with E-state index < -0.39 is 11.1 Å². The molecule has 76 valence electrons. The predicted molar refractivity (Wildman–Crippen MR) is 50.8 cm³/mol. The summed E-state index contributed by atoms with van der Waals surface area (Å²) in [6.45, 7) is 0. The number of hydrogen-bond donors (Lipinski definition) is 2. The van der Waals surface area contributed by atoms with Crippen LogP contribution < -0.4 is 16.2 Å². The second-order valence-electron chi connectivity index (χ2n) is 2.68. The molecule has 0 aliphatic rings. The van der Waals surface area contributed by atoms with Crippen LogP contribution in [0.15, 0.2) is 18.2 Å². The van der Waals surface area contributed by atoms with E-state index in [4.69, 9.17) is 16.2 Å². The van der Waals surface area contributed by atoms with Crippen LogP contribution in [-0.4, -0.2) is 12.0 Å². The monoisotopic (exact) mass is 197 g/mol. The van der Waals surface area contributed by atoms with Gasteiger partial charge in [0.05, 0.1) is 18.2 Å². The first-order valence-corrected chi connectivity index (χ1v) is 3.90. The van der Waals surface area contributed by atoms with Crippen molar-refractivity contribution in [3.8, 4) is 5.75 Å². The first-order chi connectivity index (χ1) is 6.57. The Balaban J connectivity index is 3.32. The van der Waals surface area contributed by atoms with E-state index in [0.717, 1.165) is 0 Å². The molecule has 1 rings (SSSR count). The van der Waals surface area contributed by atoms with Gasteiger partial charge in [0.2, 0.25) is 5.75 Å². The number of nitrogens with zero attached hydrogens (tertiary/aromatic N) is 1. The number of nitrogens with two attached hydrogens (primary N) is 2. The molecule has 0 saturated carbocycles. The maximum Gasteiger partial charge on any atom is 0.311 e. The molecule has 14 heavy (non-hydrogen) atoms. The molecule has 0 aromatic heterocycles. The highest BCUT2D eigenvalue weighted by Crippen LogP contribution is 2.31. The van der Waals surface area contributed by atoms with Gasteiger partial charge in [-0.05, 0) is 0 Å². The molecule has 0 saturated heterocycles. The Kier molecular flexibility index (Phi) is 3.00. The van der Waals surface area contributed by atoms with Gasteiger partial charge in [-0.25, -0.2) is 0 Å². The Labute approximate surface area is 80.6 Å². The first kappa shape index (κ1) is 10.4. The molecular weight excluding hydrogens is 186 g/mol. The molecule has 0 aliphatic heterocycles. The Hall–Kier alpha value is -1.66. The molecule has 6 heteroatoms. The Morgan fingerprint density at radius 1 is 1.50 bits per heavy atom. The second kappa shape index (κ2) is 4.03. The van der Waals surface area contributed by atoms with E-state index in [0.29, 0.717) is 5.56 Å². The molecule has 1 aromatic rings. The van der Waals surface area contributed by atoms with Crippen molar-refractivity contribution >= 4 is 5.69 Å². The van der Waals surface area contributed by atoms with Crippen LogP contribution >= 0.6 is 0 Å². The number of ether oxygens (including phenoxy) is 1. The van der Waals surface area contributed by atoms with E-state index in [-0.39, 0.29) is 11.4 Å². The molecule has 0 unspecified atom stereocenters. The molecule has 0 amide bonds. The van der Waals surface area contributed by atoms with E-state index in [2.05, 4.69) is 0 Å². The summed E-state index contributed by atoms with van der Waals surface area (Å²) in [5.74, 6) is 0.118. The molecule has 4 N–H and O–H groups in total. The molecule has 0 radical (unpaired) electrons. The van der Waals surface area contributed by atoms with Crippen molar-refractivity contribution in [2.75, 3.05) is 7.11 Å². The molecule has 0 bridgehead atoms. The molecule has 0 atom stereocenters. The molecule has 0 heterocycles. The molecule has 6 nitrogen and oxygen atoms in total. The van der Waals surface area contributed by atoms with Crippen molar-refractivity contribution in [2.24, 2.45) is 11.5 Å². The third-order valence-electron chi connectivity index (χ3n) is 1.78. The summed E-state index contributed by atoms with van der Waals surface area (Å²) in [5, 5.41) is 10.6. The lowest BCUT2D eigenvalue weighted by molar-refractivity contribution is -0.385. The maximum atomic E-state index is 10.6. The van der Waals surface area contributed by atoms with Gasteiger partial charge in [0.1, 0.15) is 0 Å². The van der Waals surface area contributed by atoms with Crippen molar-refractivity contribution < 1.29 is 9.66 Å². The number of benzene rings is 1. The number of nitro groups is 1. The fourth-order valence-corrected chi connectivity index (χ4v) is 1.17. The molecule has 1 aromatic carbocycles. The summed E-state index contributed by atoms with van der Waals surface area (Å²) in [4.78, 5) is 10.1. The van der Waals surface area contributed by atoms with Crippen molar-refractivity contribution in [1.82, 2.24) is 0 Å². The van der Waals surface area contributed by atoms with Gasteiger partial charge in [0, 0.05) is 11.6 Å².